The lowest BCUT2D eigenvalue weighted by atomic mass is 10.2. The van der Waals surface area contributed by atoms with Crippen molar-refractivity contribution in [2.45, 2.75) is 11.7 Å². The van der Waals surface area contributed by atoms with E-state index < -0.39 is 5.25 Å². The molecule has 2 aromatic rings. The fourth-order valence-electron chi connectivity index (χ4n) is 2.11. The van der Waals surface area contributed by atoms with E-state index in [2.05, 4.69) is 15.6 Å². The van der Waals surface area contributed by atoms with Crippen LogP contribution in [0.1, 0.15) is 6.42 Å². The number of thioether (sulfide) groups is 1. The molecule has 6 heteroatoms. The number of nitrogens with zero attached hydrogens (tertiary/aromatic N) is 1. The lowest BCUT2D eigenvalue weighted by molar-refractivity contribution is -0.123. The second kappa shape index (κ2) is 7.11. The Morgan fingerprint density at radius 1 is 1.09 bits per heavy atom. The molecule has 1 heterocycles. The molecule has 2 N–H and O–H groups in total. The molecule has 2 amide bonds. The van der Waals surface area contributed by atoms with Crippen molar-refractivity contribution in [3.05, 3.63) is 60.7 Å². The molecule has 0 aromatic heterocycles. The van der Waals surface area contributed by atoms with Crippen LogP contribution in [0.15, 0.2) is 65.7 Å². The van der Waals surface area contributed by atoms with Crippen molar-refractivity contribution in [2.75, 3.05) is 5.32 Å². The molecule has 2 aromatic carbocycles. The molecular formula is C17H15N3O2S. The Morgan fingerprint density at radius 3 is 2.43 bits per heavy atom. The number of carbonyl (C=O) groups excluding carboxylic acids is 2. The molecule has 0 spiro atoms. The normalized spacial score (nSPS) is 19.2. The molecule has 0 aliphatic carbocycles. The Bertz CT molecular complexity index is 732. The number of amides is 2. The monoisotopic (exact) mass is 325 g/mol. The van der Waals surface area contributed by atoms with Gasteiger partial charge in [-0.05, 0) is 24.3 Å². The van der Waals surface area contributed by atoms with Crippen molar-refractivity contribution in [1.82, 2.24) is 5.32 Å². The van der Waals surface area contributed by atoms with Crippen LogP contribution in [-0.4, -0.2) is 22.2 Å². The van der Waals surface area contributed by atoms with Crippen molar-refractivity contribution in [3.63, 3.8) is 0 Å². The van der Waals surface area contributed by atoms with Gasteiger partial charge in [-0.25, -0.2) is 4.99 Å². The predicted octanol–water partition coefficient (Wildman–Crippen LogP) is 2.93. The van der Waals surface area contributed by atoms with E-state index in [1.807, 2.05) is 60.7 Å². The van der Waals surface area contributed by atoms with E-state index in [-0.39, 0.29) is 18.2 Å². The number of benzene rings is 2. The average Bonchev–Trinajstić information content (AvgIpc) is 2.56. The summed E-state index contributed by atoms with van der Waals surface area (Å²) < 4.78 is 0. The minimum absolute atomic E-state index is 0.136. The van der Waals surface area contributed by atoms with Gasteiger partial charge in [-0.3, -0.25) is 9.59 Å². The molecule has 1 atom stereocenters. The molecule has 0 saturated carbocycles. The summed E-state index contributed by atoms with van der Waals surface area (Å²) in [7, 11) is 0. The second-order valence-corrected chi connectivity index (χ2v) is 6.16. The molecule has 3 rings (SSSR count). The van der Waals surface area contributed by atoms with Gasteiger partial charge in [0, 0.05) is 12.1 Å². The third kappa shape index (κ3) is 4.20. The standard InChI is InChI=1S/C17H15N3O2S/c21-15-11-14(16(22)18-12-7-3-1-4-8-12)23-17(20-15)19-13-9-5-2-6-10-13/h1-10,14H,11H2,(H,18,22)(H,19,20,21)/t14-/m1/s1. The number of nitrogens with one attached hydrogen (secondary N) is 2. The largest absolute Gasteiger partial charge is 0.325 e. The first-order valence-corrected chi connectivity index (χ1v) is 8.05. The van der Waals surface area contributed by atoms with Crippen LogP contribution in [0.4, 0.5) is 11.4 Å². The Balaban J connectivity index is 1.72. The number of aliphatic imine (C=N–C) groups is 1. The van der Waals surface area contributed by atoms with Crippen molar-refractivity contribution < 1.29 is 9.59 Å². The van der Waals surface area contributed by atoms with E-state index in [1.165, 1.54) is 11.8 Å². The van der Waals surface area contributed by atoms with E-state index >= 15 is 0 Å². The van der Waals surface area contributed by atoms with Crippen LogP contribution >= 0.6 is 11.8 Å². The molecule has 0 radical (unpaired) electrons. The van der Waals surface area contributed by atoms with Crippen LogP contribution in [0.5, 0.6) is 0 Å². The topological polar surface area (TPSA) is 70.6 Å². The third-order valence-electron chi connectivity index (χ3n) is 3.19. The maximum Gasteiger partial charge on any atom is 0.238 e. The predicted molar refractivity (Wildman–Crippen MR) is 92.7 cm³/mol. The quantitative estimate of drug-likeness (QED) is 0.911. The third-order valence-corrected chi connectivity index (χ3v) is 4.27. The average molecular weight is 325 g/mol. The summed E-state index contributed by atoms with van der Waals surface area (Å²) in [6.45, 7) is 0. The van der Waals surface area contributed by atoms with E-state index in [9.17, 15) is 9.59 Å². The molecule has 1 aliphatic rings. The highest BCUT2D eigenvalue weighted by atomic mass is 32.2. The SMILES string of the molecule is O=C1C[C@H](C(=O)Nc2ccccc2)SC(=Nc2ccccc2)N1. The van der Waals surface area contributed by atoms with Crippen molar-refractivity contribution in [1.29, 1.82) is 0 Å². The number of anilines is 1. The Labute approximate surface area is 138 Å². The lowest BCUT2D eigenvalue weighted by Gasteiger charge is -2.22. The van der Waals surface area contributed by atoms with Gasteiger partial charge in [-0.1, -0.05) is 48.2 Å². The summed E-state index contributed by atoms with van der Waals surface area (Å²) in [5, 5.41) is 5.48. The minimum atomic E-state index is -0.494. The second-order valence-electron chi connectivity index (χ2n) is 4.97. The van der Waals surface area contributed by atoms with Crippen LogP contribution in [0.3, 0.4) is 0 Å². The van der Waals surface area contributed by atoms with Gasteiger partial charge >= 0.3 is 0 Å². The fourth-order valence-corrected chi connectivity index (χ4v) is 3.11. The maximum absolute atomic E-state index is 12.3. The van der Waals surface area contributed by atoms with Gasteiger partial charge in [0.15, 0.2) is 5.17 Å². The van der Waals surface area contributed by atoms with Gasteiger partial charge in [0.1, 0.15) is 5.25 Å². The molecule has 0 bridgehead atoms. The van der Waals surface area contributed by atoms with Gasteiger partial charge in [0.25, 0.3) is 0 Å². The molecule has 23 heavy (non-hydrogen) atoms. The molecule has 5 nitrogen and oxygen atoms in total. The highest BCUT2D eigenvalue weighted by Crippen LogP contribution is 2.24. The number of para-hydroxylation sites is 2. The van der Waals surface area contributed by atoms with E-state index in [4.69, 9.17) is 0 Å². The van der Waals surface area contributed by atoms with Crippen LogP contribution in [-0.2, 0) is 9.59 Å². The lowest BCUT2D eigenvalue weighted by Crippen LogP contribution is -2.41. The number of carbonyl (C=O) groups is 2. The fraction of sp³-hybridized carbons (Fsp3) is 0.118. The van der Waals surface area contributed by atoms with E-state index in [0.29, 0.717) is 10.9 Å². The van der Waals surface area contributed by atoms with Gasteiger partial charge in [0.05, 0.1) is 5.69 Å². The van der Waals surface area contributed by atoms with Gasteiger partial charge < -0.3 is 10.6 Å². The van der Waals surface area contributed by atoms with Crippen LogP contribution in [0.25, 0.3) is 0 Å². The van der Waals surface area contributed by atoms with E-state index in [1.54, 1.807) is 0 Å². The molecule has 116 valence electrons. The molecule has 1 aliphatic heterocycles. The van der Waals surface area contributed by atoms with Crippen LogP contribution < -0.4 is 10.6 Å². The van der Waals surface area contributed by atoms with Gasteiger partial charge in [-0.2, -0.15) is 0 Å². The Kier molecular flexibility index (Phi) is 4.73. The minimum Gasteiger partial charge on any atom is -0.325 e. The zero-order chi connectivity index (χ0) is 16.1. The first-order chi connectivity index (χ1) is 11.2. The summed E-state index contributed by atoms with van der Waals surface area (Å²) in [6.07, 6.45) is 0.136. The van der Waals surface area contributed by atoms with E-state index in [0.717, 1.165) is 5.69 Å². The number of amidine groups is 1. The summed E-state index contributed by atoms with van der Waals surface area (Å²) in [5.41, 5.74) is 1.45. The highest BCUT2D eigenvalue weighted by molar-refractivity contribution is 8.15. The number of hydrogen-bond acceptors (Lipinski definition) is 4. The Morgan fingerprint density at radius 2 is 1.74 bits per heavy atom. The number of rotatable bonds is 3. The molecular weight excluding hydrogens is 310 g/mol. The van der Waals surface area contributed by atoms with Crippen LogP contribution in [0.2, 0.25) is 0 Å². The summed E-state index contributed by atoms with van der Waals surface area (Å²) in [5.74, 6) is -0.400. The first-order valence-electron chi connectivity index (χ1n) is 7.17. The summed E-state index contributed by atoms with van der Waals surface area (Å²) in [6, 6.07) is 18.5. The molecule has 1 fully saturated rings. The highest BCUT2D eigenvalue weighted by Gasteiger charge is 2.30. The Hall–Kier alpha value is -2.60. The van der Waals surface area contributed by atoms with Crippen molar-refractivity contribution >= 4 is 40.1 Å². The smallest absolute Gasteiger partial charge is 0.238 e. The maximum atomic E-state index is 12.3. The zero-order valence-electron chi connectivity index (χ0n) is 12.2. The molecule has 0 unspecified atom stereocenters. The summed E-state index contributed by atoms with van der Waals surface area (Å²) >= 11 is 1.26. The summed E-state index contributed by atoms with van der Waals surface area (Å²) in [4.78, 5) is 28.6. The first kappa shape index (κ1) is 15.3. The van der Waals surface area contributed by atoms with Crippen molar-refractivity contribution in [2.24, 2.45) is 4.99 Å². The molecule has 1 saturated heterocycles. The van der Waals surface area contributed by atoms with Gasteiger partial charge in [0.2, 0.25) is 11.8 Å². The van der Waals surface area contributed by atoms with Gasteiger partial charge in [-0.15, -0.1) is 0 Å². The van der Waals surface area contributed by atoms with Crippen LogP contribution in [0, 0.1) is 0 Å². The zero-order valence-corrected chi connectivity index (χ0v) is 13.0. The number of hydrogen-bond donors (Lipinski definition) is 2. The van der Waals surface area contributed by atoms with Crippen molar-refractivity contribution in [3.8, 4) is 0 Å².